The van der Waals surface area contributed by atoms with E-state index in [0.717, 1.165) is 11.1 Å². The summed E-state index contributed by atoms with van der Waals surface area (Å²) in [5.41, 5.74) is -1.04. The molecule has 1 aromatic rings. The highest BCUT2D eigenvalue weighted by Gasteiger charge is 2.46. The second kappa shape index (κ2) is 8.60. The Bertz CT molecular complexity index is 826. The Morgan fingerprint density at radius 1 is 1.45 bits per heavy atom. The van der Waals surface area contributed by atoms with Crippen molar-refractivity contribution < 1.29 is 28.0 Å². The first kappa shape index (κ1) is 23.0. The lowest BCUT2D eigenvalue weighted by Gasteiger charge is -2.37. The third-order valence-electron chi connectivity index (χ3n) is 4.10. The first-order valence-corrected chi connectivity index (χ1v) is 9.54. The molecule has 0 N–H and O–H groups in total. The average Bonchev–Trinajstić information content (AvgIpc) is 2.58. The summed E-state index contributed by atoms with van der Waals surface area (Å²) in [6.45, 7) is 4.17. The number of alkyl halides is 2. The molecular formula is C18H22BrF2N3O5. The van der Waals surface area contributed by atoms with Gasteiger partial charge in [-0.2, -0.15) is 0 Å². The number of hydrogen-bond acceptors (Lipinski definition) is 6. The van der Waals surface area contributed by atoms with Crippen molar-refractivity contribution >= 4 is 33.9 Å². The number of likely N-dealkylation sites (tertiary alicyclic amines) is 1. The second-order valence-corrected chi connectivity index (χ2v) is 8.40. The van der Waals surface area contributed by atoms with Crippen LogP contribution in [0.1, 0.15) is 32.8 Å². The van der Waals surface area contributed by atoms with Gasteiger partial charge in [0.2, 0.25) is 0 Å². The maximum Gasteiger partial charge on any atom is 0.410 e. The van der Waals surface area contributed by atoms with Crippen LogP contribution < -0.4 is 4.74 Å². The number of nitro benzene ring substituents is 1. The average molecular weight is 478 g/mol. The number of halogens is 3. The van der Waals surface area contributed by atoms with Gasteiger partial charge in [-0.15, -0.1) is 0 Å². The first-order chi connectivity index (χ1) is 13.3. The molecule has 11 heteroatoms. The van der Waals surface area contributed by atoms with Crippen LogP contribution in [0.4, 0.5) is 19.3 Å². The molecule has 0 saturated carbocycles. The van der Waals surface area contributed by atoms with E-state index in [1.54, 1.807) is 20.8 Å². The van der Waals surface area contributed by atoms with Crippen molar-refractivity contribution in [2.45, 2.75) is 44.8 Å². The molecule has 160 valence electrons. The SMILES string of the molecule is COc1cc([N+](=O)[O-])c(C=NC2CCN(C(=O)OC(C)(C)C)CC2(F)F)cc1Br. The lowest BCUT2D eigenvalue weighted by Crippen LogP contribution is -2.53. The van der Waals surface area contributed by atoms with E-state index in [2.05, 4.69) is 20.9 Å². The van der Waals surface area contributed by atoms with Crippen molar-refractivity contribution in [3.05, 3.63) is 32.3 Å². The van der Waals surface area contributed by atoms with Crippen LogP contribution in [-0.2, 0) is 4.74 Å². The predicted molar refractivity (Wildman–Crippen MR) is 106 cm³/mol. The van der Waals surface area contributed by atoms with E-state index < -0.39 is 35.1 Å². The molecule has 1 aliphatic rings. The number of amides is 1. The molecule has 0 radical (unpaired) electrons. The van der Waals surface area contributed by atoms with Crippen molar-refractivity contribution in [1.29, 1.82) is 0 Å². The molecular weight excluding hydrogens is 456 g/mol. The van der Waals surface area contributed by atoms with E-state index in [0.29, 0.717) is 4.47 Å². The van der Waals surface area contributed by atoms with E-state index in [1.165, 1.54) is 19.2 Å². The van der Waals surface area contributed by atoms with Gasteiger partial charge in [-0.05, 0) is 49.2 Å². The van der Waals surface area contributed by atoms with Crippen LogP contribution in [0.3, 0.4) is 0 Å². The Labute approximate surface area is 175 Å². The maximum atomic E-state index is 14.5. The minimum absolute atomic E-state index is 0.0426. The van der Waals surface area contributed by atoms with Gasteiger partial charge in [-0.25, -0.2) is 13.6 Å². The minimum atomic E-state index is -3.30. The zero-order chi connectivity index (χ0) is 22.0. The van der Waals surface area contributed by atoms with Crippen LogP contribution in [-0.4, -0.2) is 59.9 Å². The number of carbonyl (C=O) groups excluding carboxylic acids is 1. The zero-order valence-corrected chi connectivity index (χ0v) is 18.0. The topological polar surface area (TPSA) is 94.3 Å². The van der Waals surface area contributed by atoms with Crippen LogP contribution in [0, 0.1) is 10.1 Å². The van der Waals surface area contributed by atoms with Gasteiger partial charge in [-0.3, -0.25) is 15.1 Å². The number of nitro groups is 1. The third-order valence-corrected chi connectivity index (χ3v) is 4.72. The summed E-state index contributed by atoms with van der Waals surface area (Å²) in [5, 5.41) is 11.3. The second-order valence-electron chi connectivity index (χ2n) is 7.55. The highest BCUT2D eigenvalue weighted by atomic mass is 79.9. The van der Waals surface area contributed by atoms with Crippen molar-refractivity contribution in [2.24, 2.45) is 4.99 Å². The van der Waals surface area contributed by atoms with Gasteiger partial charge in [0.05, 0.1) is 34.7 Å². The van der Waals surface area contributed by atoms with Gasteiger partial charge in [-0.1, -0.05) is 0 Å². The van der Waals surface area contributed by atoms with Crippen LogP contribution >= 0.6 is 15.9 Å². The Morgan fingerprint density at radius 2 is 2.10 bits per heavy atom. The van der Waals surface area contributed by atoms with Crippen LogP contribution in [0.5, 0.6) is 5.75 Å². The predicted octanol–water partition coefficient (Wildman–Crippen LogP) is 4.43. The van der Waals surface area contributed by atoms with Crippen molar-refractivity contribution in [3.63, 3.8) is 0 Å². The Kier molecular flexibility index (Phi) is 6.82. The molecule has 29 heavy (non-hydrogen) atoms. The number of hydrogen-bond donors (Lipinski definition) is 0. The first-order valence-electron chi connectivity index (χ1n) is 8.75. The standard InChI is InChI=1S/C18H22BrF2N3O5/c1-17(2,3)29-16(25)23-6-5-15(18(20,21)10-23)22-9-11-7-12(19)14(28-4)8-13(11)24(26)27/h7-9,15H,5-6,10H2,1-4H3. The lowest BCUT2D eigenvalue weighted by atomic mass is 10.0. The van der Waals surface area contributed by atoms with Crippen molar-refractivity contribution in [2.75, 3.05) is 20.2 Å². The zero-order valence-electron chi connectivity index (χ0n) is 16.4. The molecule has 2 rings (SSSR count). The van der Waals surface area contributed by atoms with Crippen LogP contribution in [0.2, 0.25) is 0 Å². The molecule has 1 amide bonds. The molecule has 0 aliphatic carbocycles. The summed E-state index contributed by atoms with van der Waals surface area (Å²) < 4.78 is 39.7. The van der Waals surface area contributed by atoms with E-state index in [4.69, 9.17) is 9.47 Å². The minimum Gasteiger partial charge on any atom is -0.495 e. The quantitative estimate of drug-likeness (QED) is 0.363. The number of ether oxygens (including phenoxy) is 2. The highest BCUT2D eigenvalue weighted by molar-refractivity contribution is 9.10. The molecule has 8 nitrogen and oxygen atoms in total. The number of carbonyl (C=O) groups is 1. The van der Waals surface area contributed by atoms with Gasteiger partial charge < -0.3 is 14.4 Å². The fraction of sp³-hybridized carbons (Fsp3) is 0.556. The highest BCUT2D eigenvalue weighted by Crippen LogP contribution is 2.34. The number of aliphatic imine (C=N–C) groups is 1. The molecule has 0 bridgehead atoms. The number of nitrogens with zero attached hydrogens (tertiary/aromatic N) is 3. The fourth-order valence-corrected chi connectivity index (χ4v) is 3.26. The molecule has 0 spiro atoms. The smallest absolute Gasteiger partial charge is 0.410 e. The number of benzene rings is 1. The normalized spacial score (nSPS) is 19.3. The lowest BCUT2D eigenvalue weighted by molar-refractivity contribution is -0.385. The number of methoxy groups -OCH3 is 1. The molecule has 1 fully saturated rings. The van der Waals surface area contributed by atoms with Gasteiger partial charge in [0.25, 0.3) is 11.6 Å². The van der Waals surface area contributed by atoms with Crippen LogP contribution in [0.25, 0.3) is 0 Å². The summed E-state index contributed by atoms with van der Waals surface area (Å²) in [5.74, 6) is -3.06. The summed E-state index contributed by atoms with van der Waals surface area (Å²) in [7, 11) is 1.36. The van der Waals surface area contributed by atoms with Crippen molar-refractivity contribution in [3.8, 4) is 5.75 Å². The van der Waals surface area contributed by atoms with E-state index in [9.17, 15) is 23.7 Å². The van der Waals surface area contributed by atoms with Gasteiger partial charge in [0.1, 0.15) is 17.4 Å². The number of rotatable bonds is 4. The molecule has 0 aromatic heterocycles. The molecule has 1 atom stereocenters. The van der Waals surface area contributed by atoms with Crippen molar-refractivity contribution in [1.82, 2.24) is 4.90 Å². The van der Waals surface area contributed by atoms with Crippen LogP contribution in [0.15, 0.2) is 21.6 Å². The fourth-order valence-electron chi connectivity index (χ4n) is 2.74. The Hall–Kier alpha value is -2.30. The molecule has 1 heterocycles. The van der Waals surface area contributed by atoms with Gasteiger partial charge in [0.15, 0.2) is 0 Å². The molecule has 1 aromatic carbocycles. The van der Waals surface area contributed by atoms with E-state index in [1.807, 2.05) is 0 Å². The summed E-state index contributed by atoms with van der Waals surface area (Å²) in [6, 6.07) is 1.16. The Balaban J connectivity index is 2.19. The molecule has 1 unspecified atom stereocenters. The monoisotopic (exact) mass is 477 g/mol. The van der Waals surface area contributed by atoms with Gasteiger partial charge >= 0.3 is 6.09 Å². The molecule has 1 aliphatic heterocycles. The summed E-state index contributed by atoms with van der Waals surface area (Å²) >= 11 is 3.21. The Morgan fingerprint density at radius 3 is 2.62 bits per heavy atom. The number of piperidine rings is 1. The van der Waals surface area contributed by atoms with E-state index in [-0.39, 0.29) is 30.0 Å². The summed E-state index contributed by atoms with van der Waals surface area (Å²) in [4.78, 5) is 27.5. The molecule has 1 saturated heterocycles. The maximum absolute atomic E-state index is 14.5. The van der Waals surface area contributed by atoms with Gasteiger partial charge in [0, 0.05) is 12.8 Å². The van der Waals surface area contributed by atoms with E-state index >= 15 is 0 Å². The third kappa shape index (κ3) is 5.84. The largest absolute Gasteiger partial charge is 0.495 e. The summed E-state index contributed by atoms with van der Waals surface area (Å²) in [6.07, 6.45) is 0.145.